The van der Waals surface area contributed by atoms with Gasteiger partial charge in [-0.05, 0) is 12.5 Å². The number of hydrogen-bond donors (Lipinski definition) is 2. The molecule has 1 saturated heterocycles. The van der Waals surface area contributed by atoms with Crippen LogP contribution in [0.2, 0.25) is 0 Å². The molecule has 0 spiro atoms. The summed E-state index contributed by atoms with van der Waals surface area (Å²) < 4.78 is 5.32. The Hall–Kier alpha value is -0.900. The largest absolute Gasteiger partial charge is 0.380 e. The van der Waals surface area contributed by atoms with Crippen LogP contribution in [0.4, 0.5) is 0 Å². The number of ether oxygens (including phenoxy) is 1. The summed E-state index contributed by atoms with van der Waals surface area (Å²) in [6, 6.07) is 10.7. The van der Waals surface area contributed by atoms with E-state index in [1.54, 1.807) is 7.05 Å². The van der Waals surface area contributed by atoms with Gasteiger partial charge in [0.1, 0.15) is 0 Å². The van der Waals surface area contributed by atoms with Gasteiger partial charge in [0, 0.05) is 66.0 Å². The number of piperazine rings is 1. The lowest BCUT2D eigenvalue weighted by Crippen LogP contribution is -2.49. The maximum Gasteiger partial charge on any atom is 0.191 e. The molecular weight excluding hydrogens is 441 g/mol. The minimum Gasteiger partial charge on any atom is -0.380 e. The van der Waals surface area contributed by atoms with Crippen LogP contribution in [0.3, 0.4) is 0 Å². The van der Waals surface area contributed by atoms with Gasteiger partial charge in [0.2, 0.25) is 0 Å². The van der Waals surface area contributed by atoms with E-state index in [9.17, 15) is 0 Å². The molecule has 7 heteroatoms. The minimum absolute atomic E-state index is 0. The van der Waals surface area contributed by atoms with E-state index in [0.717, 1.165) is 64.9 Å². The highest BCUT2D eigenvalue weighted by molar-refractivity contribution is 14.0. The Morgan fingerprint density at radius 2 is 1.69 bits per heavy atom. The second-order valence-electron chi connectivity index (χ2n) is 6.23. The van der Waals surface area contributed by atoms with E-state index < -0.39 is 0 Å². The van der Waals surface area contributed by atoms with Crippen molar-refractivity contribution >= 4 is 29.9 Å². The quantitative estimate of drug-likeness (QED) is 0.246. The van der Waals surface area contributed by atoms with Crippen molar-refractivity contribution in [2.45, 2.75) is 13.5 Å². The van der Waals surface area contributed by atoms with Crippen molar-refractivity contribution < 1.29 is 4.74 Å². The first-order chi connectivity index (χ1) is 12.3. The van der Waals surface area contributed by atoms with Gasteiger partial charge in [-0.1, -0.05) is 30.3 Å². The average molecular weight is 475 g/mol. The Kier molecular flexibility index (Phi) is 12.6. The standard InChI is InChI=1S/C19H33N5O.HI/c1-3-25-16-10-22-19(20-2)21-9-11-23-12-14-24(15-13-23)17-18-7-5-4-6-8-18;/h4-8H,3,9-17H2,1-2H3,(H2,20,21,22);1H. The van der Waals surface area contributed by atoms with Crippen LogP contribution in [0, 0.1) is 0 Å². The zero-order chi connectivity index (χ0) is 17.7. The molecule has 2 rings (SSSR count). The summed E-state index contributed by atoms with van der Waals surface area (Å²) in [6.07, 6.45) is 0. The SMILES string of the molecule is CCOCCNC(=NC)NCCN1CCN(Cc2ccccc2)CC1.I. The third kappa shape index (κ3) is 9.16. The minimum atomic E-state index is 0. The Labute approximate surface area is 175 Å². The highest BCUT2D eigenvalue weighted by atomic mass is 127. The molecule has 0 aromatic heterocycles. The summed E-state index contributed by atoms with van der Waals surface area (Å²) in [5.74, 6) is 0.849. The van der Waals surface area contributed by atoms with Crippen molar-refractivity contribution in [3.8, 4) is 0 Å². The highest BCUT2D eigenvalue weighted by Crippen LogP contribution is 2.07. The lowest BCUT2D eigenvalue weighted by atomic mass is 10.2. The normalized spacial score (nSPS) is 16.2. The number of rotatable bonds is 9. The predicted octanol–water partition coefficient (Wildman–Crippen LogP) is 1.62. The third-order valence-electron chi connectivity index (χ3n) is 4.40. The van der Waals surface area contributed by atoms with E-state index in [2.05, 4.69) is 55.8 Å². The number of nitrogens with zero attached hydrogens (tertiary/aromatic N) is 3. The molecule has 2 N–H and O–H groups in total. The molecule has 26 heavy (non-hydrogen) atoms. The fourth-order valence-electron chi connectivity index (χ4n) is 2.95. The third-order valence-corrected chi connectivity index (χ3v) is 4.40. The number of hydrogen-bond acceptors (Lipinski definition) is 4. The van der Waals surface area contributed by atoms with Crippen molar-refractivity contribution in [1.82, 2.24) is 20.4 Å². The van der Waals surface area contributed by atoms with Crippen molar-refractivity contribution in [3.63, 3.8) is 0 Å². The van der Waals surface area contributed by atoms with Gasteiger partial charge < -0.3 is 15.4 Å². The Morgan fingerprint density at radius 1 is 1.04 bits per heavy atom. The van der Waals surface area contributed by atoms with Crippen LogP contribution in [0.15, 0.2) is 35.3 Å². The van der Waals surface area contributed by atoms with E-state index in [0.29, 0.717) is 6.61 Å². The van der Waals surface area contributed by atoms with Crippen LogP contribution >= 0.6 is 24.0 Å². The van der Waals surface area contributed by atoms with Gasteiger partial charge in [-0.3, -0.25) is 14.8 Å². The maximum atomic E-state index is 5.32. The van der Waals surface area contributed by atoms with Crippen molar-refractivity contribution in [3.05, 3.63) is 35.9 Å². The predicted molar refractivity (Wildman–Crippen MR) is 119 cm³/mol. The molecule has 1 heterocycles. The molecular formula is C19H34IN5O. The molecule has 0 aliphatic carbocycles. The van der Waals surface area contributed by atoms with Crippen LogP contribution in [-0.4, -0.2) is 81.8 Å². The van der Waals surface area contributed by atoms with Crippen molar-refractivity contribution in [1.29, 1.82) is 0 Å². The van der Waals surface area contributed by atoms with Crippen molar-refractivity contribution in [2.75, 3.05) is 66.1 Å². The first-order valence-electron chi connectivity index (χ1n) is 9.32. The smallest absolute Gasteiger partial charge is 0.191 e. The fourth-order valence-corrected chi connectivity index (χ4v) is 2.95. The van der Waals surface area contributed by atoms with Gasteiger partial charge >= 0.3 is 0 Å². The zero-order valence-corrected chi connectivity index (χ0v) is 18.4. The zero-order valence-electron chi connectivity index (χ0n) is 16.1. The van der Waals surface area contributed by atoms with Gasteiger partial charge in [0.05, 0.1) is 6.61 Å². The Bertz CT molecular complexity index is 492. The molecule has 1 fully saturated rings. The lowest BCUT2D eigenvalue weighted by molar-refractivity contribution is 0.129. The summed E-state index contributed by atoms with van der Waals surface area (Å²) in [7, 11) is 1.80. The molecule has 0 radical (unpaired) electrons. The molecule has 1 aliphatic heterocycles. The van der Waals surface area contributed by atoms with Gasteiger partial charge in [0.25, 0.3) is 0 Å². The lowest BCUT2D eigenvalue weighted by Gasteiger charge is -2.34. The summed E-state index contributed by atoms with van der Waals surface area (Å²) in [6.45, 7) is 11.8. The van der Waals surface area contributed by atoms with Crippen LogP contribution in [0.1, 0.15) is 12.5 Å². The molecule has 0 saturated carbocycles. The average Bonchev–Trinajstić information content (AvgIpc) is 2.66. The van der Waals surface area contributed by atoms with Crippen LogP contribution in [0.5, 0.6) is 0 Å². The van der Waals surface area contributed by atoms with Crippen molar-refractivity contribution in [2.24, 2.45) is 4.99 Å². The van der Waals surface area contributed by atoms with E-state index in [4.69, 9.17) is 4.74 Å². The molecule has 1 aromatic rings. The summed E-state index contributed by atoms with van der Waals surface area (Å²) >= 11 is 0. The second kappa shape index (κ2) is 14.2. The molecule has 0 unspecified atom stereocenters. The van der Waals surface area contributed by atoms with Gasteiger partial charge in [-0.25, -0.2) is 0 Å². The van der Waals surface area contributed by atoms with Gasteiger partial charge in [-0.15, -0.1) is 24.0 Å². The van der Waals surface area contributed by atoms with Gasteiger partial charge in [0.15, 0.2) is 5.96 Å². The van der Waals surface area contributed by atoms with E-state index >= 15 is 0 Å². The molecule has 1 aromatic carbocycles. The number of nitrogens with one attached hydrogen (secondary N) is 2. The Morgan fingerprint density at radius 3 is 2.35 bits per heavy atom. The van der Waals surface area contributed by atoms with Crippen LogP contribution in [0.25, 0.3) is 0 Å². The molecule has 0 amide bonds. The molecule has 0 bridgehead atoms. The summed E-state index contributed by atoms with van der Waals surface area (Å²) in [4.78, 5) is 9.29. The second-order valence-corrected chi connectivity index (χ2v) is 6.23. The van der Waals surface area contributed by atoms with Gasteiger partial charge in [-0.2, -0.15) is 0 Å². The van der Waals surface area contributed by atoms with E-state index in [1.165, 1.54) is 5.56 Å². The molecule has 6 nitrogen and oxygen atoms in total. The number of halogens is 1. The molecule has 0 atom stereocenters. The first-order valence-corrected chi connectivity index (χ1v) is 9.32. The number of guanidine groups is 1. The molecule has 148 valence electrons. The van der Waals surface area contributed by atoms with E-state index in [-0.39, 0.29) is 24.0 Å². The number of benzene rings is 1. The number of aliphatic imine (C=N–C) groups is 1. The Balaban J connectivity index is 0.00000338. The highest BCUT2D eigenvalue weighted by Gasteiger charge is 2.16. The maximum absolute atomic E-state index is 5.32. The van der Waals surface area contributed by atoms with Crippen LogP contribution in [-0.2, 0) is 11.3 Å². The molecule has 1 aliphatic rings. The van der Waals surface area contributed by atoms with Crippen LogP contribution < -0.4 is 10.6 Å². The monoisotopic (exact) mass is 475 g/mol. The summed E-state index contributed by atoms with van der Waals surface area (Å²) in [5.41, 5.74) is 1.40. The van der Waals surface area contributed by atoms with E-state index in [1.807, 2.05) is 6.92 Å². The first kappa shape index (κ1) is 23.1. The topological polar surface area (TPSA) is 52.1 Å². The summed E-state index contributed by atoms with van der Waals surface area (Å²) in [5, 5.41) is 6.64. The fraction of sp³-hybridized carbons (Fsp3) is 0.632.